The van der Waals surface area contributed by atoms with Crippen LogP contribution in [0.3, 0.4) is 0 Å². The molecule has 142 valence electrons. The summed E-state index contributed by atoms with van der Waals surface area (Å²) >= 11 is 5.96. The van der Waals surface area contributed by atoms with Crippen LogP contribution in [0, 0.1) is 13.8 Å². The average Bonchev–Trinajstić information content (AvgIpc) is 3.00. The molecular formula is C19H16ClF3N2O2. The number of hydrogen-bond acceptors (Lipinski definition) is 3. The molecule has 2 aromatic rings. The fourth-order valence-electron chi connectivity index (χ4n) is 3.15. The van der Waals surface area contributed by atoms with Crippen LogP contribution in [-0.4, -0.2) is 17.8 Å². The van der Waals surface area contributed by atoms with Gasteiger partial charge in [-0.3, -0.25) is 4.79 Å². The molecule has 0 spiro atoms. The van der Waals surface area contributed by atoms with Gasteiger partial charge in [-0.2, -0.15) is 13.2 Å². The van der Waals surface area contributed by atoms with Crippen molar-refractivity contribution >= 4 is 23.2 Å². The van der Waals surface area contributed by atoms with Crippen LogP contribution in [0.5, 0.6) is 0 Å². The van der Waals surface area contributed by atoms with Crippen LogP contribution in [0.25, 0.3) is 0 Å². The van der Waals surface area contributed by atoms with Gasteiger partial charge in [0, 0.05) is 22.6 Å². The second-order valence-corrected chi connectivity index (χ2v) is 6.98. The molecule has 3 rings (SSSR count). The molecule has 1 aliphatic rings. The van der Waals surface area contributed by atoms with E-state index < -0.39 is 24.1 Å². The second kappa shape index (κ2) is 6.56. The Hall–Kier alpha value is -2.54. The van der Waals surface area contributed by atoms with Gasteiger partial charge in [0.2, 0.25) is 5.91 Å². The highest BCUT2D eigenvalue weighted by Gasteiger charge is 2.62. The molecule has 0 saturated carbocycles. The molecule has 8 heteroatoms. The molecule has 0 fully saturated rings. The minimum absolute atomic E-state index is 0.107. The number of nitrogens with zero attached hydrogens (tertiary/aromatic N) is 1. The second-order valence-electron chi connectivity index (χ2n) is 6.54. The SMILES string of the molecule is Cc1cc(Cl)cc(C2(C(F)(F)F)CC(c3ccc(C(N)=O)c(C)c3)=NO2)c1. The number of halogens is 4. The number of primary amides is 1. The first-order chi connectivity index (χ1) is 12.5. The molecule has 0 bridgehead atoms. The molecule has 1 amide bonds. The van der Waals surface area contributed by atoms with Crippen molar-refractivity contribution in [3.05, 3.63) is 69.2 Å². The lowest BCUT2D eigenvalue weighted by molar-refractivity contribution is -0.275. The number of aryl methyl sites for hydroxylation is 2. The van der Waals surface area contributed by atoms with Crippen molar-refractivity contribution in [3.8, 4) is 0 Å². The number of carbonyl (C=O) groups excluding carboxylic acids is 1. The lowest BCUT2D eigenvalue weighted by Crippen LogP contribution is -2.42. The Morgan fingerprint density at radius 2 is 1.93 bits per heavy atom. The van der Waals surface area contributed by atoms with Crippen molar-refractivity contribution in [2.24, 2.45) is 10.9 Å². The van der Waals surface area contributed by atoms with E-state index in [0.717, 1.165) is 0 Å². The zero-order valence-corrected chi connectivity index (χ0v) is 15.3. The third-order valence-corrected chi connectivity index (χ3v) is 4.74. The highest BCUT2D eigenvalue weighted by Crippen LogP contribution is 2.49. The van der Waals surface area contributed by atoms with Crippen molar-refractivity contribution < 1.29 is 22.8 Å². The summed E-state index contributed by atoms with van der Waals surface area (Å²) in [6, 6.07) is 8.73. The topological polar surface area (TPSA) is 64.7 Å². The first kappa shape index (κ1) is 19.2. The van der Waals surface area contributed by atoms with Crippen LogP contribution in [0.4, 0.5) is 13.2 Å². The molecule has 0 radical (unpaired) electrons. The largest absolute Gasteiger partial charge is 0.435 e. The first-order valence-electron chi connectivity index (χ1n) is 8.04. The Labute approximate surface area is 158 Å². The van der Waals surface area contributed by atoms with E-state index >= 15 is 0 Å². The van der Waals surface area contributed by atoms with E-state index in [9.17, 15) is 18.0 Å². The molecule has 0 aliphatic carbocycles. The van der Waals surface area contributed by atoms with Gasteiger partial charge in [0.25, 0.3) is 5.60 Å². The van der Waals surface area contributed by atoms with Crippen LogP contribution in [0.2, 0.25) is 5.02 Å². The van der Waals surface area contributed by atoms with Gasteiger partial charge in [-0.25, -0.2) is 0 Å². The van der Waals surface area contributed by atoms with Gasteiger partial charge < -0.3 is 10.6 Å². The number of hydrogen-bond donors (Lipinski definition) is 1. The summed E-state index contributed by atoms with van der Waals surface area (Å²) in [5, 5.41) is 3.90. The van der Waals surface area contributed by atoms with E-state index in [1.165, 1.54) is 24.3 Å². The number of rotatable bonds is 3. The van der Waals surface area contributed by atoms with E-state index in [0.29, 0.717) is 22.3 Å². The van der Waals surface area contributed by atoms with Crippen molar-refractivity contribution in [2.75, 3.05) is 0 Å². The standard InChI is InChI=1S/C19H16ClF3N2O2/c1-10-5-13(8-14(20)6-10)18(19(21,22)23)9-16(25-27-18)12-3-4-15(17(24)26)11(2)7-12/h3-8H,9H2,1-2H3,(H2,24,26). The summed E-state index contributed by atoms with van der Waals surface area (Å²) in [7, 11) is 0. The quantitative estimate of drug-likeness (QED) is 0.821. The van der Waals surface area contributed by atoms with Crippen molar-refractivity contribution in [2.45, 2.75) is 32.0 Å². The molecule has 2 N–H and O–H groups in total. The minimum atomic E-state index is -4.71. The minimum Gasteiger partial charge on any atom is -0.374 e. The van der Waals surface area contributed by atoms with E-state index in [4.69, 9.17) is 22.2 Å². The Kier molecular flexibility index (Phi) is 4.67. The molecule has 0 aromatic heterocycles. The molecule has 1 heterocycles. The van der Waals surface area contributed by atoms with Gasteiger partial charge in [-0.05, 0) is 54.8 Å². The normalized spacial score (nSPS) is 19.6. The fourth-order valence-corrected chi connectivity index (χ4v) is 3.44. The highest BCUT2D eigenvalue weighted by atomic mass is 35.5. The van der Waals surface area contributed by atoms with E-state index in [-0.39, 0.29) is 16.3 Å². The molecule has 27 heavy (non-hydrogen) atoms. The zero-order chi connectivity index (χ0) is 20.0. The third kappa shape index (κ3) is 3.39. The Balaban J connectivity index is 2.02. The molecule has 1 atom stereocenters. The van der Waals surface area contributed by atoms with Crippen LogP contribution in [-0.2, 0) is 10.4 Å². The number of nitrogens with two attached hydrogens (primary N) is 1. The van der Waals surface area contributed by atoms with Gasteiger partial charge in [0.15, 0.2) is 0 Å². The molecule has 1 aliphatic heterocycles. The maximum atomic E-state index is 14.0. The maximum Gasteiger partial charge on any atom is 0.435 e. The molecule has 1 unspecified atom stereocenters. The maximum absolute atomic E-state index is 14.0. The van der Waals surface area contributed by atoms with Crippen molar-refractivity contribution in [1.29, 1.82) is 0 Å². The van der Waals surface area contributed by atoms with Gasteiger partial charge in [-0.1, -0.05) is 28.9 Å². The van der Waals surface area contributed by atoms with E-state index in [1.807, 2.05) is 0 Å². The Morgan fingerprint density at radius 1 is 1.22 bits per heavy atom. The monoisotopic (exact) mass is 396 g/mol. The van der Waals surface area contributed by atoms with Gasteiger partial charge in [0.1, 0.15) is 0 Å². The van der Waals surface area contributed by atoms with Crippen LogP contribution in [0.1, 0.15) is 39.0 Å². The summed E-state index contributed by atoms with van der Waals surface area (Å²) in [6.45, 7) is 3.30. The summed E-state index contributed by atoms with van der Waals surface area (Å²) in [4.78, 5) is 16.3. The van der Waals surface area contributed by atoms with Crippen molar-refractivity contribution in [3.63, 3.8) is 0 Å². The van der Waals surface area contributed by atoms with E-state index in [2.05, 4.69) is 5.16 Å². The number of alkyl halides is 3. The summed E-state index contributed by atoms with van der Waals surface area (Å²) in [5.41, 5.74) is 4.53. The first-order valence-corrected chi connectivity index (χ1v) is 8.41. The Morgan fingerprint density at radius 3 is 2.48 bits per heavy atom. The molecular weight excluding hydrogens is 381 g/mol. The number of oxime groups is 1. The average molecular weight is 397 g/mol. The fraction of sp³-hybridized carbons (Fsp3) is 0.263. The van der Waals surface area contributed by atoms with Gasteiger partial charge in [0.05, 0.1) is 5.71 Å². The smallest absolute Gasteiger partial charge is 0.374 e. The molecule has 4 nitrogen and oxygen atoms in total. The van der Waals surface area contributed by atoms with Gasteiger partial charge in [-0.15, -0.1) is 0 Å². The lowest BCUT2D eigenvalue weighted by atomic mass is 9.85. The Bertz CT molecular complexity index is 936. The molecule has 0 saturated heterocycles. The highest BCUT2D eigenvalue weighted by molar-refractivity contribution is 6.30. The van der Waals surface area contributed by atoms with Gasteiger partial charge >= 0.3 is 6.18 Å². The summed E-state index contributed by atoms with van der Waals surface area (Å²) < 4.78 is 42.0. The van der Waals surface area contributed by atoms with Crippen LogP contribution in [0.15, 0.2) is 41.6 Å². The number of carbonyl (C=O) groups is 1. The van der Waals surface area contributed by atoms with Crippen molar-refractivity contribution in [1.82, 2.24) is 0 Å². The summed E-state index contributed by atoms with van der Waals surface area (Å²) in [6.07, 6.45) is -5.22. The van der Waals surface area contributed by atoms with E-state index in [1.54, 1.807) is 26.0 Å². The summed E-state index contributed by atoms with van der Waals surface area (Å²) in [5.74, 6) is -0.609. The number of benzene rings is 2. The predicted octanol–water partition coefficient (Wildman–Crippen LogP) is 4.64. The number of amides is 1. The zero-order valence-electron chi connectivity index (χ0n) is 14.5. The third-order valence-electron chi connectivity index (χ3n) is 4.52. The van der Waals surface area contributed by atoms with Crippen LogP contribution >= 0.6 is 11.6 Å². The lowest BCUT2D eigenvalue weighted by Gasteiger charge is -2.29. The van der Waals surface area contributed by atoms with Crippen LogP contribution < -0.4 is 5.73 Å². The molecule has 2 aromatic carbocycles. The predicted molar refractivity (Wildman–Crippen MR) is 95.9 cm³/mol.